The number of aliphatic hydroxyl groups excluding tert-OH is 1. The van der Waals surface area contributed by atoms with Crippen molar-refractivity contribution >= 4 is 11.9 Å². The first kappa shape index (κ1) is 25.9. The molecule has 2 rings (SSSR count). The van der Waals surface area contributed by atoms with Crippen LogP contribution in [0.5, 0.6) is 5.75 Å². The van der Waals surface area contributed by atoms with Crippen LogP contribution >= 0.6 is 0 Å². The van der Waals surface area contributed by atoms with Crippen LogP contribution in [0.1, 0.15) is 37.9 Å². The normalized spacial score (nSPS) is 12.2. The second-order valence-corrected chi connectivity index (χ2v) is 7.91. The molecule has 1 aromatic heterocycles. The third kappa shape index (κ3) is 12.9. The molecule has 0 unspecified atom stereocenters. The molecule has 1 heterocycles. The summed E-state index contributed by atoms with van der Waals surface area (Å²) in [5, 5.41) is 28.8. The van der Waals surface area contributed by atoms with Crippen LogP contribution in [0.2, 0.25) is 0 Å². The number of aliphatic hydroxyl groups is 1. The van der Waals surface area contributed by atoms with E-state index in [4.69, 9.17) is 14.9 Å². The summed E-state index contributed by atoms with van der Waals surface area (Å²) in [7, 11) is 0. The van der Waals surface area contributed by atoms with E-state index in [0.29, 0.717) is 18.7 Å². The van der Waals surface area contributed by atoms with E-state index < -0.39 is 18.0 Å². The standard InChI is InChI=1S/C18H27N3O2.C4H4O4/c1-13-10-19-17(21-13)9-14-5-7-16(8-6-14)23-12-15(22)11-20-18(2,3)4;5-3(6)1-2-4(7)8/h5-8,10,15,20,22H,9,11-12H2,1-4H3,(H,19,21);1-2H,(H,5,6)(H,7,8)/t15-;/m0./s1. The minimum atomic E-state index is -1.26. The number of imidazole rings is 1. The van der Waals surface area contributed by atoms with Gasteiger partial charge in [0, 0.05) is 36.9 Å². The van der Waals surface area contributed by atoms with Crippen LogP contribution in [0.15, 0.2) is 42.6 Å². The van der Waals surface area contributed by atoms with Gasteiger partial charge in [0.2, 0.25) is 0 Å². The Morgan fingerprint density at radius 2 is 1.74 bits per heavy atom. The second-order valence-electron chi connectivity index (χ2n) is 7.91. The number of ether oxygens (including phenoxy) is 1. The maximum atomic E-state index is 9.93. The molecule has 0 saturated heterocycles. The predicted molar refractivity (Wildman–Crippen MR) is 116 cm³/mol. The van der Waals surface area contributed by atoms with Gasteiger partial charge in [-0.2, -0.15) is 0 Å². The Labute approximate surface area is 181 Å². The molecule has 9 heteroatoms. The summed E-state index contributed by atoms with van der Waals surface area (Å²) in [6.07, 6.45) is 3.26. The maximum absolute atomic E-state index is 9.93. The predicted octanol–water partition coefficient (Wildman–Crippen LogP) is 2.15. The van der Waals surface area contributed by atoms with Crippen LogP contribution in [-0.2, 0) is 16.0 Å². The number of β-amino-alcohol motifs (C(OH)–C–C–N with tert-alkyl or cyclic N) is 1. The van der Waals surface area contributed by atoms with Gasteiger partial charge >= 0.3 is 11.9 Å². The molecule has 0 radical (unpaired) electrons. The number of H-pyrrole nitrogens is 1. The fourth-order valence-electron chi connectivity index (χ4n) is 2.27. The highest BCUT2D eigenvalue weighted by atomic mass is 16.5. The third-order valence-electron chi connectivity index (χ3n) is 3.73. The maximum Gasteiger partial charge on any atom is 0.328 e. The van der Waals surface area contributed by atoms with Crippen molar-refractivity contribution in [2.45, 2.75) is 45.8 Å². The molecule has 0 aliphatic carbocycles. The fraction of sp³-hybridized carbons (Fsp3) is 0.409. The number of hydrogen-bond donors (Lipinski definition) is 5. The smallest absolute Gasteiger partial charge is 0.328 e. The number of nitrogens with one attached hydrogen (secondary N) is 2. The zero-order valence-corrected chi connectivity index (χ0v) is 18.3. The van der Waals surface area contributed by atoms with Gasteiger partial charge in [-0.25, -0.2) is 14.6 Å². The van der Waals surface area contributed by atoms with Crippen molar-refractivity contribution in [3.05, 3.63) is 59.7 Å². The highest BCUT2D eigenvalue weighted by Gasteiger charge is 2.12. The summed E-state index contributed by atoms with van der Waals surface area (Å²) < 4.78 is 5.63. The zero-order chi connectivity index (χ0) is 23.4. The molecule has 2 aromatic rings. The monoisotopic (exact) mass is 433 g/mol. The molecule has 5 N–H and O–H groups in total. The number of aromatic amines is 1. The Balaban J connectivity index is 0.000000512. The van der Waals surface area contributed by atoms with E-state index in [1.165, 1.54) is 5.56 Å². The number of aryl methyl sites for hydroxylation is 1. The molecule has 0 fully saturated rings. The zero-order valence-electron chi connectivity index (χ0n) is 18.3. The minimum Gasteiger partial charge on any atom is -0.491 e. The van der Waals surface area contributed by atoms with Crippen LogP contribution in [0.3, 0.4) is 0 Å². The average Bonchev–Trinajstić information content (AvgIpc) is 3.09. The van der Waals surface area contributed by atoms with Gasteiger partial charge in [0.1, 0.15) is 24.3 Å². The molecule has 1 aromatic carbocycles. The number of benzene rings is 1. The lowest BCUT2D eigenvalue weighted by atomic mass is 10.1. The topological polar surface area (TPSA) is 145 Å². The van der Waals surface area contributed by atoms with Gasteiger partial charge < -0.3 is 30.4 Å². The lowest BCUT2D eigenvalue weighted by Crippen LogP contribution is -2.42. The van der Waals surface area contributed by atoms with Crippen molar-refractivity contribution in [1.29, 1.82) is 0 Å². The fourth-order valence-corrected chi connectivity index (χ4v) is 2.27. The van der Waals surface area contributed by atoms with Crippen molar-refractivity contribution in [3.63, 3.8) is 0 Å². The molecule has 1 atom stereocenters. The quantitative estimate of drug-likeness (QED) is 0.378. The molecule has 0 saturated carbocycles. The van der Waals surface area contributed by atoms with Gasteiger partial charge in [0.15, 0.2) is 0 Å². The Morgan fingerprint density at radius 1 is 1.16 bits per heavy atom. The summed E-state index contributed by atoms with van der Waals surface area (Å²) in [6, 6.07) is 7.89. The molecular formula is C22H31N3O6. The highest BCUT2D eigenvalue weighted by molar-refractivity contribution is 5.89. The number of carboxylic acid groups (broad SMARTS) is 2. The molecular weight excluding hydrogens is 402 g/mol. The summed E-state index contributed by atoms with van der Waals surface area (Å²) in [6.45, 7) is 8.97. The van der Waals surface area contributed by atoms with Crippen LogP contribution in [0.4, 0.5) is 0 Å². The van der Waals surface area contributed by atoms with E-state index in [0.717, 1.165) is 23.7 Å². The summed E-state index contributed by atoms with van der Waals surface area (Å²) in [5.74, 6) is -0.793. The van der Waals surface area contributed by atoms with E-state index in [2.05, 4.69) is 36.1 Å². The van der Waals surface area contributed by atoms with Gasteiger partial charge in [0.05, 0.1) is 5.69 Å². The number of aliphatic carboxylic acids is 2. The van der Waals surface area contributed by atoms with Crippen LogP contribution in [0, 0.1) is 6.92 Å². The summed E-state index contributed by atoms with van der Waals surface area (Å²) >= 11 is 0. The second kappa shape index (κ2) is 12.5. The first-order chi connectivity index (χ1) is 14.4. The highest BCUT2D eigenvalue weighted by Crippen LogP contribution is 2.14. The van der Waals surface area contributed by atoms with Crippen molar-refractivity contribution in [1.82, 2.24) is 15.3 Å². The Hall–Kier alpha value is -3.17. The number of carbonyl (C=O) groups is 2. The van der Waals surface area contributed by atoms with Crippen molar-refractivity contribution < 1.29 is 29.6 Å². The number of hydrogen-bond acceptors (Lipinski definition) is 6. The van der Waals surface area contributed by atoms with Crippen LogP contribution < -0.4 is 10.1 Å². The van der Waals surface area contributed by atoms with E-state index in [1.807, 2.05) is 37.4 Å². The Kier molecular flexibility index (Phi) is 10.4. The van der Waals surface area contributed by atoms with Gasteiger partial charge in [-0.3, -0.25) is 0 Å². The average molecular weight is 434 g/mol. The van der Waals surface area contributed by atoms with Gasteiger partial charge in [-0.15, -0.1) is 0 Å². The Bertz CT molecular complexity index is 837. The number of nitrogens with zero attached hydrogens (tertiary/aromatic N) is 1. The molecule has 31 heavy (non-hydrogen) atoms. The minimum absolute atomic E-state index is 0.00711. The lowest BCUT2D eigenvalue weighted by molar-refractivity contribution is -0.134. The number of aromatic nitrogens is 2. The molecule has 0 amide bonds. The van der Waals surface area contributed by atoms with Gasteiger partial charge in [0.25, 0.3) is 0 Å². The van der Waals surface area contributed by atoms with Gasteiger partial charge in [-0.1, -0.05) is 12.1 Å². The van der Waals surface area contributed by atoms with E-state index in [-0.39, 0.29) is 12.1 Å². The van der Waals surface area contributed by atoms with Gasteiger partial charge in [-0.05, 0) is 45.4 Å². The SMILES string of the molecule is Cc1c[nH]c(Cc2ccc(OC[C@@H](O)CNC(C)(C)C)cc2)n1.O=C(O)C=CC(=O)O. The summed E-state index contributed by atoms with van der Waals surface area (Å²) in [5.41, 5.74) is 2.16. The molecule has 0 aliphatic heterocycles. The van der Waals surface area contributed by atoms with Crippen molar-refractivity contribution in [2.75, 3.05) is 13.2 Å². The molecule has 0 spiro atoms. The first-order valence-electron chi connectivity index (χ1n) is 9.74. The van der Waals surface area contributed by atoms with E-state index >= 15 is 0 Å². The summed E-state index contributed by atoms with van der Waals surface area (Å²) in [4.78, 5) is 26.7. The molecule has 9 nitrogen and oxygen atoms in total. The van der Waals surface area contributed by atoms with E-state index in [1.54, 1.807) is 0 Å². The lowest BCUT2D eigenvalue weighted by Gasteiger charge is -2.23. The molecule has 0 aliphatic rings. The van der Waals surface area contributed by atoms with Crippen molar-refractivity contribution in [3.8, 4) is 5.75 Å². The molecule has 0 bridgehead atoms. The molecule has 170 valence electrons. The third-order valence-corrected chi connectivity index (χ3v) is 3.73. The van der Waals surface area contributed by atoms with Crippen LogP contribution in [-0.4, -0.2) is 62.0 Å². The van der Waals surface area contributed by atoms with Crippen LogP contribution in [0.25, 0.3) is 0 Å². The number of carboxylic acids is 2. The Morgan fingerprint density at radius 3 is 2.19 bits per heavy atom. The number of rotatable bonds is 9. The van der Waals surface area contributed by atoms with E-state index in [9.17, 15) is 14.7 Å². The van der Waals surface area contributed by atoms with Crippen molar-refractivity contribution in [2.24, 2.45) is 0 Å². The first-order valence-corrected chi connectivity index (χ1v) is 9.74. The largest absolute Gasteiger partial charge is 0.491 e.